The highest BCUT2D eigenvalue weighted by Crippen LogP contribution is 2.30. The lowest BCUT2D eigenvalue weighted by atomic mass is 10.0. The van der Waals surface area contributed by atoms with Gasteiger partial charge in [0, 0.05) is 17.7 Å². The Balaban J connectivity index is 2.97. The Morgan fingerprint density at radius 1 is 1.60 bits per heavy atom. The fraction of sp³-hybridized carbons (Fsp3) is 0.333. The van der Waals surface area contributed by atoms with Crippen molar-refractivity contribution in [1.29, 1.82) is 0 Å². The Morgan fingerprint density at radius 2 is 2.27 bits per heavy atom. The molecular formula is C12H17NO2. The third kappa shape index (κ3) is 2.99. The Bertz CT molecular complexity index is 361. The zero-order chi connectivity index (χ0) is 11.4. The van der Waals surface area contributed by atoms with Crippen LogP contribution in [-0.4, -0.2) is 12.2 Å². The molecule has 0 heterocycles. The number of hydrogen-bond acceptors (Lipinski definition) is 3. The first-order valence-electron chi connectivity index (χ1n) is 4.81. The molecule has 0 saturated carbocycles. The van der Waals surface area contributed by atoms with Crippen LogP contribution in [-0.2, 0) is 0 Å². The van der Waals surface area contributed by atoms with Gasteiger partial charge < -0.3 is 15.6 Å². The lowest BCUT2D eigenvalue weighted by Gasteiger charge is -2.15. The first kappa shape index (κ1) is 11.6. The van der Waals surface area contributed by atoms with E-state index in [0.717, 1.165) is 11.1 Å². The summed E-state index contributed by atoms with van der Waals surface area (Å²) in [6.45, 7) is 5.76. The molecule has 1 aromatic rings. The molecule has 0 aliphatic rings. The topological polar surface area (TPSA) is 55.5 Å². The van der Waals surface area contributed by atoms with Gasteiger partial charge in [-0.25, -0.2) is 0 Å². The van der Waals surface area contributed by atoms with E-state index in [0.29, 0.717) is 12.2 Å². The van der Waals surface area contributed by atoms with Crippen molar-refractivity contribution in [2.24, 2.45) is 5.73 Å². The summed E-state index contributed by atoms with van der Waals surface area (Å²) in [6.07, 6.45) is 0.709. The highest BCUT2D eigenvalue weighted by atomic mass is 16.5. The Labute approximate surface area is 90.2 Å². The lowest BCUT2D eigenvalue weighted by molar-refractivity contribution is 0.398. The second-order valence-electron chi connectivity index (χ2n) is 3.69. The summed E-state index contributed by atoms with van der Waals surface area (Å²) in [5.74, 6) is 0.793. The van der Waals surface area contributed by atoms with E-state index in [4.69, 9.17) is 10.5 Å². The van der Waals surface area contributed by atoms with Crippen LogP contribution in [0.1, 0.15) is 24.9 Å². The van der Waals surface area contributed by atoms with Crippen molar-refractivity contribution in [2.75, 3.05) is 7.11 Å². The van der Waals surface area contributed by atoms with Gasteiger partial charge in [0.1, 0.15) is 11.5 Å². The average molecular weight is 207 g/mol. The van der Waals surface area contributed by atoms with Crippen molar-refractivity contribution < 1.29 is 9.84 Å². The number of aromatic hydroxyl groups is 1. The van der Waals surface area contributed by atoms with Crippen LogP contribution < -0.4 is 10.5 Å². The van der Waals surface area contributed by atoms with Gasteiger partial charge in [-0.05, 0) is 19.4 Å². The molecule has 0 saturated heterocycles. The number of rotatable bonds is 4. The zero-order valence-corrected chi connectivity index (χ0v) is 9.16. The molecule has 1 rings (SSSR count). The van der Waals surface area contributed by atoms with Crippen molar-refractivity contribution in [3.63, 3.8) is 0 Å². The molecule has 15 heavy (non-hydrogen) atoms. The molecule has 3 heteroatoms. The Morgan fingerprint density at radius 3 is 2.80 bits per heavy atom. The molecule has 0 bridgehead atoms. The van der Waals surface area contributed by atoms with Crippen LogP contribution >= 0.6 is 0 Å². The fourth-order valence-corrected chi connectivity index (χ4v) is 1.49. The Hall–Kier alpha value is -1.48. The smallest absolute Gasteiger partial charge is 0.127 e. The molecule has 0 fully saturated rings. The van der Waals surface area contributed by atoms with Gasteiger partial charge in [0.2, 0.25) is 0 Å². The summed E-state index contributed by atoms with van der Waals surface area (Å²) in [6, 6.07) is 4.81. The van der Waals surface area contributed by atoms with E-state index in [-0.39, 0.29) is 11.8 Å². The van der Waals surface area contributed by atoms with E-state index in [9.17, 15) is 5.11 Å². The lowest BCUT2D eigenvalue weighted by Crippen LogP contribution is -2.11. The van der Waals surface area contributed by atoms with Crippen LogP contribution in [0.3, 0.4) is 0 Å². The van der Waals surface area contributed by atoms with E-state index in [2.05, 4.69) is 6.58 Å². The molecule has 1 atom stereocenters. The number of benzene rings is 1. The minimum Gasteiger partial charge on any atom is -0.508 e. The van der Waals surface area contributed by atoms with Gasteiger partial charge in [0.05, 0.1) is 7.11 Å². The van der Waals surface area contributed by atoms with E-state index in [1.54, 1.807) is 25.3 Å². The molecule has 3 nitrogen and oxygen atoms in total. The van der Waals surface area contributed by atoms with Crippen molar-refractivity contribution in [3.05, 3.63) is 35.9 Å². The van der Waals surface area contributed by atoms with Crippen LogP contribution in [0.5, 0.6) is 11.5 Å². The molecule has 0 radical (unpaired) electrons. The summed E-state index contributed by atoms with van der Waals surface area (Å²) in [4.78, 5) is 0. The molecule has 0 aliphatic heterocycles. The SMILES string of the molecule is C=C(C)C[C@@H](N)c1ccc(O)cc1OC. The van der Waals surface area contributed by atoms with Crippen molar-refractivity contribution in [3.8, 4) is 11.5 Å². The average Bonchev–Trinajstić information content (AvgIpc) is 2.16. The van der Waals surface area contributed by atoms with Crippen LogP contribution in [0.15, 0.2) is 30.4 Å². The number of phenolic OH excluding ortho intramolecular Hbond substituents is 1. The maximum atomic E-state index is 9.29. The van der Waals surface area contributed by atoms with Gasteiger partial charge in [0.15, 0.2) is 0 Å². The second-order valence-corrected chi connectivity index (χ2v) is 3.69. The minimum atomic E-state index is -0.141. The molecular weight excluding hydrogens is 190 g/mol. The molecule has 0 aliphatic carbocycles. The zero-order valence-electron chi connectivity index (χ0n) is 9.16. The molecule has 0 spiro atoms. The quantitative estimate of drug-likeness (QED) is 0.745. The van der Waals surface area contributed by atoms with E-state index < -0.39 is 0 Å². The normalized spacial score (nSPS) is 12.2. The standard InChI is InChI=1S/C12H17NO2/c1-8(2)6-11(13)10-5-4-9(14)7-12(10)15-3/h4-5,7,11,14H,1,6,13H2,2-3H3/t11-/m1/s1. The van der Waals surface area contributed by atoms with E-state index >= 15 is 0 Å². The third-order valence-corrected chi connectivity index (χ3v) is 2.18. The van der Waals surface area contributed by atoms with E-state index in [1.807, 2.05) is 6.92 Å². The number of nitrogens with two attached hydrogens (primary N) is 1. The summed E-state index contributed by atoms with van der Waals surface area (Å²) in [5.41, 5.74) is 7.91. The predicted molar refractivity (Wildman–Crippen MR) is 61.0 cm³/mol. The van der Waals surface area contributed by atoms with Crippen LogP contribution in [0.4, 0.5) is 0 Å². The van der Waals surface area contributed by atoms with Crippen LogP contribution in [0.2, 0.25) is 0 Å². The molecule has 0 amide bonds. The van der Waals surface area contributed by atoms with Gasteiger partial charge in [-0.3, -0.25) is 0 Å². The largest absolute Gasteiger partial charge is 0.508 e. The summed E-state index contributed by atoms with van der Waals surface area (Å²) in [7, 11) is 1.56. The van der Waals surface area contributed by atoms with Gasteiger partial charge in [-0.15, -0.1) is 6.58 Å². The van der Waals surface area contributed by atoms with Crippen molar-refractivity contribution in [2.45, 2.75) is 19.4 Å². The molecule has 0 unspecified atom stereocenters. The summed E-state index contributed by atoms with van der Waals surface area (Å²) < 4.78 is 5.16. The minimum absolute atomic E-state index is 0.141. The van der Waals surface area contributed by atoms with Gasteiger partial charge in [0.25, 0.3) is 0 Å². The number of hydrogen-bond donors (Lipinski definition) is 2. The molecule has 1 aromatic carbocycles. The second kappa shape index (κ2) is 4.84. The van der Waals surface area contributed by atoms with Gasteiger partial charge in [-0.1, -0.05) is 11.6 Å². The maximum Gasteiger partial charge on any atom is 0.127 e. The number of ether oxygens (including phenoxy) is 1. The maximum absolute atomic E-state index is 9.29. The summed E-state index contributed by atoms with van der Waals surface area (Å²) >= 11 is 0. The molecule has 0 aromatic heterocycles. The number of methoxy groups -OCH3 is 1. The number of phenols is 1. The van der Waals surface area contributed by atoms with Crippen LogP contribution in [0, 0.1) is 0 Å². The monoisotopic (exact) mass is 207 g/mol. The van der Waals surface area contributed by atoms with Gasteiger partial charge in [-0.2, -0.15) is 0 Å². The fourth-order valence-electron chi connectivity index (χ4n) is 1.49. The van der Waals surface area contributed by atoms with Crippen molar-refractivity contribution >= 4 is 0 Å². The highest BCUT2D eigenvalue weighted by Gasteiger charge is 2.12. The van der Waals surface area contributed by atoms with Gasteiger partial charge >= 0.3 is 0 Å². The van der Waals surface area contributed by atoms with E-state index in [1.165, 1.54) is 0 Å². The first-order valence-corrected chi connectivity index (χ1v) is 4.81. The predicted octanol–water partition coefficient (Wildman–Crippen LogP) is 2.37. The highest BCUT2D eigenvalue weighted by molar-refractivity contribution is 5.42. The third-order valence-electron chi connectivity index (χ3n) is 2.18. The summed E-state index contributed by atoms with van der Waals surface area (Å²) in [5, 5.41) is 9.29. The Kier molecular flexibility index (Phi) is 3.74. The molecule has 82 valence electrons. The van der Waals surface area contributed by atoms with Crippen molar-refractivity contribution in [1.82, 2.24) is 0 Å². The first-order chi connectivity index (χ1) is 7.04. The molecule has 3 N–H and O–H groups in total. The van der Waals surface area contributed by atoms with Crippen LogP contribution in [0.25, 0.3) is 0 Å².